The molecule has 0 bridgehead atoms. The number of halogens is 1. The Labute approximate surface area is 218 Å². The number of ether oxygens (including phenoxy) is 1. The zero-order valence-electron chi connectivity index (χ0n) is 20.0. The van der Waals surface area contributed by atoms with E-state index in [1.807, 2.05) is 13.0 Å². The number of carbonyl (C=O) groups excluding carboxylic acids is 3. The van der Waals surface area contributed by atoms with Crippen LogP contribution in [0.1, 0.15) is 29.3 Å². The number of benzene rings is 3. The Balaban J connectivity index is 1.64. The maximum atomic E-state index is 13.6. The van der Waals surface area contributed by atoms with E-state index in [2.05, 4.69) is 0 Å². The molecule has 3 amide bonds. The molecule has 9 nitrogen and oxygen atoms in total. The lowest BCUT2D eigenvalue weighted by molar-refractivity contribution is -0.384. The molecule has 1 saturated heterocycles. The molecule has 1 aliphatic rings. The number of nitro groups is 1. The molecule has 3 aromatic rings. The molecule has 190 valence electrons. The largest absolute Gasteiger partial charge is 0.494 e. The van der Waals surface area contributed by atoms with Crippen LogP contribution in [0.2, 0.25) is 5.02 Å². The first kappa shape index (κ1) is 25.8. The van der Waals surface area contributed by atoms with Gasteiger partial charge in [0.2, 0.25) is 5.91 Å². The van der Waals surface area contributed by atoms with Gasteiger partial charge in [0, 0.05) is 29.3 Å². The molecule has 0 radical (unpaired) electrons. The summed E-state index contributed by atoms with van der Waals surface area (Å²) in [7, 11) is 0. The van der Waals surface area contributed by atoms with Crippen molar-refractivity contribution in [3.05, 3.63) is 99.1 Å². The number of nitro benzene ring substituents is 1. The molecule has 10 heteroatoms. The SMILES string of the molecule is CCOc1ccc(N2C(=O)CC(N(CCc3cccc(Cl)c3)C(=O)c3cccc([N+](=O)[O-])c3)C2=O)cc1. The minimum atomic E-state index is -1.06. The Kier molecular flexibility index (Phi) is 7.83. The fourth-order valence-corrected chi connectivity index (χ4v) is 4.46. The number of nitrogens with zero attached hydrogens (tertiary/aromatic N) is 3. The molecule has 1 fully saturated rings. The lowest BCUT2D eigenvalue weighted by Crippen LogP contribution is -2.46. The number of rotatable bonds is 9. The van der Waals surface area contributed by atoms with Gasteiger partial charge in [0.05, 0.1) is 23.6 Å². The molecule has 0 N–H and O–H groups in total. The van der Waals surface area contributed by atoms with Crippen molar-refractivity contribution in [3.63, 3.8) is 0 Å². The molecule has 0 aromatic heterocycles. The predicted octanol–water partition coefficient (Wildman–Crippen LogP) is 4.66. The fraction of sp³-hybridized carbons (Fsp3) is 0.222. The van der Waals surface area contributed by atoms with Gasteiger partial charge in [0.25, 0.3) is 17.5 Å². The number of imide groups is 1. The zero-order valence-corrected chi connectivity index (χ0v) is 20.8. The van der Waals surface area contributed by atoms with Crippen molar-refractivity contribution in [1.82, 2.24) is 4.90 Å². The minimum Gasteiger partial charge on any atom is -0.494 e. The van der Waals surface area contributed by atoms with Crippen LogP contribution in [0.3, 0.4) is 0 Å². The van der Waals surface area contributed by atoms with E-state index in [0.29, 0.717) is 29.5 Å². The number of anilines is 1. The van der Waals surface area contributed by atoms with Gasteiger partial charge in [-0.05, 0) is 61.4 Å². The monoisotopic (exact) mass is 521 g/mol. The quantitative estimate of drug-likeness (QED) is 0.230. The van der Waals surface area contributed by atoms with E-state index in [1.54, 1.807) is 42.5 Å². The number of carbonyl (C=O) groups is 3. The highest BCUT2D eigenvalue weighted by Gasteiger charge is 2.44. The predicted molar refractivity (Wildman–Crippen MR) is 138 cm³/mol. The average Bonchev–Trinajstić information content (AvgIpc) is 3.18. The Morgan fingerprint density at radius 3 is 2.51 bits per heavy atom. The van der Waals surface area contributed by atoms with Gasteiger partial charge in [-0.2, -0.15) is 0 Å². The smallest absolute Gasteiger partial charge is 0.270 e. The summed E-state index contributed by atoms with van der Waals surface area (Å²) in [6, 6.07) is 17.9. The van der Waals surface area contributed by atoms with Crippen LogP contribution in [0.5, 0.6) is 5.75 Å². The molecule has 37 heavy (non-hydrogen) atoms. The van der Waals surface area contributed by atoms with E-state index in [-0.39, 0.29) is 24.2 Å². The lowest BCUT2D eigenvalue weighted by Gasteiger charge is -2.28. The van der Waals surface area contributed by atoms with Crippen LogP contribution >= 0.6 is 11.6 Å². The van der Waals surface area contributed by atoms with Gasteiger partial charge < -0.3 is 9.64 Å². The highest BCUT2D eigenvalue weighted by atomic mass is 35.5. The molecular formula is C27H24ClN3O6. The van der Waals surface area contributed by atoms with Gasteiger partial charge in [-0.15, -0.1) is 0 Å². The summed E-state index contributed by atoms with van der Waals surface area (Å²) in [5.41, 5.74) is 1.02. The van der Waals surface area contributed by atoms with Crippen LogP contribution in [0.4, 0.5) is 11.4 Å². The molecule has 0 spiro atoms. The molecule has 0 saturated carbocycles. The number of amides is 3. The van der Waals surface area contributed by atoms with Gasteiger partial charge in [0.15, 0.2) is 0 Å². The molecule has 1 heterocycles. The second kappa shape index (κ2) is 11.2. The van der Waals surface area contributed by atoms with Crippen LogP contribution in [0, 0.1) is 10.1 Å². The van der Waals surface area contributed by atoms with Crippen LogP contribution < -0.4 is 9.64 Å². The summed E-state index contributed by atoms with van der Waals surface area (Å²) < 4.78 is 5.43. The third-order valence-corrected chi connectivity index (χ3v) is 6.24. The molecule has 4 rings (SSSR count). The lowest BCUT2D eigenvalue weighted by atomic mass is 10.1. The summed E-state index contributed by atoms with van der Waals surface area (Å²) in [4.78, 5) is 53.1. The summed E-state index contributed by atoms with van der Waals surface area (Å²) in [6.07, 6.45) is 0.157. The molecule has 3 aromatic carbocycles. The third-order valence-electron chi connectivity index (χ3n) is 6.00. The first-order chi connectivity index (χ1) is 17.8. The Bertz CT molecular complexity index is 1340. The zero-order chi connectivity index (χ0) is 26.5. The summed E-state index contributed by atoms with van der Waals surface area (Å²) >= 11 is 6.09. The Morgan fingerprint density at radius 1 is 1.11 bits per heavy atom. The van der Waals surface area contributed by atoms with Crippen LogP contribution in [0.15, 0.2) is 72.8 Å². The normalized spacial score (nSPS) is 15.1. The van der Waals surface area contributed by atoms with E-state index in [4.69, 9.17) is 16.3 Å². The van der Waals surface area contributed by atoms with Crippen molar-refractivity contribution >= 4 is 40.7 Å². The van der Waals surface area contributed by atoms with Crippen molar-refractivity contribution in [2.75, 3.05) is 18.1 Å². The highest BCUT2D eigenvalue weighted by Crippen LogP contribution is 2.29. The van der Waals surface area contributed by atoms with Crippen molar-refractivity contribution < 1.29 is 24.0 Å². The average molecular weight is 522 g/mol. The van der Waals surface area contributed by atoms with Crippen molar-refractivity contribution in [2.24, 2.45) is 0 Å². The van der Waals surface area contributed by atoms with Crippen molar-refractivity contribution in [2.45, 2.75) is 25.8 Å². The van der Waals surface area contributed by atoms with Crippen LogP contribution in [-0.4, -0.2) is 46.7 Å². The fourth-order valence-electron chi connectivity index (χ4n) is 4.25. The van der Waals surface area contributed by atoms with Gasteiger partial charge in [-0.3, -0.25) is 24.5 Å². The van der Waals surface area contributed by atoms with E-state index in [1.165, 1.54) is 29.2 Å². The maximum Gasteiger partial charge on any atom is 0.270 e. The number of non-ortho nitro benzene ring substituents is 1. The van der Waals surface area contributed by atoms with E-state index in [9.17, 15) is 24.5 Å². The minimum absolute atomic E-state index is 0.0556. The molecule has 1 atom stereocenters. The van der Waals surface area contributed by atoms with Crippen molar-refractivity contribution in [1.29, 1.82) is 0 Å². The maximum absolute atomic E-state index is 13.6. The van der Waals surface area contributed by atoms with E-state index >= 15 is 0 Å². The van der Waals surface area contributed by atoms with Gasteiger partial charge in [-0.25, -0.2) is 4.90 Å². The molecule has 1 unspecified atom stereocenters. The Hall–Kier alpha value is -4.24. The summed E-state index contributed by atoms with van der Waals surface area (Å²) in [5, 5.41) is 11.8. The third kappa shape index (κ3) is 5.78. The van der Waals surface area contributed by atoms with Crippen LogP contribution in [-0.2, 0) is 16.0 Å². The highest BCUT2D eigenvalue weighted by molar-refractivity contribution is 6.30. The first-order valence-corrected chi connectivity index (χ1v) is 12.1. The molecular weight excluding hydrogens is 498 g/mol. The Morgan fingerprint density at radius 2 is 1.84 bits per heavy atom. The van der Waals surface area contributed by atoms with Crippen molar-refractivity contribution in [3.8, 4) is 5.75 Å². The summed E-state index contributed by atoms with van der Waals surface area (Å²) in [5.74, 6) is -0.964. The van der Waals surface area contributed by atoms with Gasteiger partial charge in [-0.1, -0.05) is 29.8 Å². The second-order valence-corrected chi connectivity index (χ2v) is 8.84. The number of hydrogen-bond acceptors (Lipinski definition) is 6. The van der Waals surface area contributed by atoms with E-state index < -0.39 is 28.7 Å². The van der Waals surface area contributed by atoms with E-state index in [0.717, 1.165) is 10.5 Å². The molecule has 1 aliphatic heterocycles. The number of hydrogen-bond donors (Lipinski definition) is 0. The topological polar surface area (TPSA) is 110 Å². The first-order valence-electron chi connectivity index (χ1n) is 11.7. The second-order valence-electron chi connectivity index (χ2n) is 8.40. The van der Waals surface area contributed by atoms with Crippen LogP contribution in [0.25, 0.3) is 0 Å². The van der Waals surface area contributed by atoms with Gasteiger partial charge >= 0.3 is 0 Å². The molecule has 0 aliphatic carbocycles. The summed E-state index contributed by atoms with van der Waals surface area (Å²) in [6.45, 7) is 2.43. The van der Waals surface area contributed by atoms with Gasteiger partial charge in [0.1, 0.15) is 11.8 Å². The standard InChI is InChI=1S/C27H24ClN3O6/c1-2-37-23-11-9-21(10-12-23)30-25(32)17-24(27(30)34)29(14-13-18-5-3-7-20(28)15-18)26(33)19-6-4-8-22(16-19)31(35)36/h3-12,15-16,24H,2,13-14,17H2,1H3.